The second kappa shape index (κ2) is 8.14. The molecule has 2 amide bonds. The molecule has 2 heterocycles. The summed E-state index contributed by atoms with van der Waals surface area (Å²) in [6.45, 7) is 5.67. The number of carbonyl (C=O) groups is 2. The van der Waals surface area contributed by atoms with Gasteiger partial charge in [-0.05, 0) is 57.2 Å². The molecule has 1 N–H and O–H groups in total. The van der Waals surface area contributed by atoms with E-state index in [1.807, 2.05) is 13.8 Å². The van der Waals surface area contributed by atoms with Crippen molar-refractivity contribution in [3.05, 3.63) is 65.0 Å². The first-order chi connectivity index (χ1) is 14.9. The predicted molar refractivity (Wildman–Crippen MR) is 115 cm³/mol. The van der Waals surface area contributed by atoms with Gasteiger partial charge in [0.05, 0.1) is 25.0 Å². The molecular weight excluding hydrogens is 398 g/mol. The van der Waals surface area contributed by atoms with E-state index in [1.165, 1.54) is 0 Å². The van der Waals surface area contributed by atoms with E-state index >= 15 is 0 Å². The smallest absolute Gasteiger partial charge is 0.268 e. The molecule has 2 aromatic carbocycles. The number of amides is 2. The van der Waals surface area contributed by atoms with E-state index in [1.54, 1.807) is 61.4 Å². The fraction of sp³-hybridized carbons (Fsp3) is 0.261. The largest absolute Gasteiger partial charge is 0.497 e. The Hall–Kier alpha value is -3.81. The lowest BCUT2D eigenvalue weighted by atomic mass is 10.1. The molecule has 8 nitrogen and oxygen atoms in total. The van der Waals surface area contributed by atoms with Crippen molar-refractivity contribution >= 4 is 23.2 Å². The van der Waals surface area contributed by atoms with Crippen molar-refractivity contribution in [3.63, 3.8) is 0 Å². The molecule has 8 heteroatoms. The number of ether oxygens (including phenoxy) is 2. The van der Waals surface area contributed by atoms with Crippen LogP contribution in [0, 0.1) is 13.8 Å². The van der Waals surface area contributed by atoms with E-state index in [9.17, 15) is 9.59 Å². The van der Waals surface area contributed by atoms with Crippen LogP contribution >= 0.6 is 0 Å². The van der Waals surface area contributed by atoms with Crippen LogP contribution in [0.2, 0.25) is 0 Å². The molecule has 0 spiro atoms. The number of aromatic nitrogens is 1. The topological polar surface area (TPSA) is 93.9 Å². The van der Waals surface area contributed by atoms with Gasteiger partial charge in [-0.25, -0.2) is 0 Å². The SMILES string of the molecule is COc1cccc(C(=O)Nc2ccc3c(c2)N(Cc2c(C)noc2C)C(=O)C(C)O3)c1. The Bertz CT molecular complexity index is 1130. The molecule has 1 aromatic heterocycles. The molecule has 0 fully saturated rings. The fourth-order valence-electron chi connectivity index (χ4n) is 3.50. The lowest BCUT2D eigenvalue weighted by molar-refractivity contribution is -0.125. The van der Waals surface area contributed by atoms with E-state index in [2.05, 4.69) is 10.5 Å². The average Bonchev–Trinajstić information content (AvgIpc) is 3.09. The van der Waals surface area contributed by atoms with Crippen molar-refractivity contribution in [1.82, 2.24) is 5.16 Å². The summed E-state index contributed by atoms with van der Waals surface area (Å²) >= 11 is 0. The van der Waals surface area contributed by atoms with E-state index in [0.29, 0.717) is 40.7 Å². The Labute approximate surface area is 179 Å². The van der Waals surface area contributed by atoms with Crippen LogP contribution in [-0.2, 0) is 11.3 Å². The number of nitrogens with zero attached hydrogens (tertiary/aromatic N) is 2. The number of hydrogen-bond acceptors (Lipinski definition) is 6. The Morgan fingerprint density at radius 1 is 1.23 bits per heavy atom. The second-order valence-corrected chi connectivity index (χ2v) is 7.36. The maximum absolute atomic E-state index is 12.9. The third-order valence-electron chi connectivity index (χ3n) is 5.25. The van der Waals surface area contributed by atoms with Gasteiger partial charge in [-0.15, -0.1) is 0 Å². The van der Waals surface area contributed by atoms with Crippen molar-refractivity contribution in [1.29, 1.82) is 0 Å². The number of benzene rings is 2. The van der Waals surface area contributed by atoms with Crippen molar-refractivity contribution < 1.29 is 23.6 Å². The molecule has 0 bridgehead atoms. The third kappa shape index (κ3) is 3.96. The van der Waals surface area contributed by atoms with Crippen molar-refractivity contribution in [3.8, 4) is 11.5 Å². The zero-order valence-electron chi connectivity index (χ0n) is 17.8. The summed E-state index contributed by atoms with van der Waals surface area (Å²) in [5.41, 5.74) is 3.16. The molecule has 0 saturated carbocycles. The maximum atomic E-state index is 12.9. The summed E-state index contributed by atoms with van der Waals surface area (Å²) in [6.07, 6.45) is -0.620. The van der Waals surface area contributed by atoms with Crippen LogP contribution in [0.25, 0.3) is 0 Å². The molecule has 3 aromatic rings. The molecule has 31 heavy (non-hydrogen) atoms. The molecule has 1 aliphatic heterocycles. The lowest BCUT2D eigenvalue weighted by Gasteiger charge is -2.33. The highest BCUT2D eigenvalue weighted by Gasteiger charge is 2.33. The number of rotatable bonds is 5. The molecular formula is C23H23N3O5. The van der Waals surface area contributed by atoms with Gasteiger partial charge < -0.3 is 24.2 Å². The van der Waals surface area contributed by atoms with Gasteiger partial charge in [-0.2, -0.15) is 0 Å². The first-order valence-corrected chi connectivity index (χ1v) is 9.86. The van der Waals surface area contributed by atoms with Crippen LogP contribution in [0.1, 0.15) is 34.3 Å². The van der Waals surface area contributed by atoms with Crippen LogP contribution < -0.4 is 19.7 Å². The van der Waals surface area contributed by atoms with Crippen LogP contribution in [0.3, 0.4) is 0 Å². The van der Waals surface area contributed by atoms with Gasteiger partial charge in [0.2, 0.25) is 0 Å². The number of hydrogen-bond donors (Lipinski definition) is 1. The van der Waals surface area contributed by atoms with Crippen molar-refractivity contribution in [2.24, 2.45) is 0 Å². The highest BCUT2D eigenvalue weighted by atomic mass is 16.5. The van der Waals surface area contributed by atoms with Crippen LogP contribution in [0.15, 0.2) is 47.0 Å². The first kappa shape index (κ1) is 20.5. The molecule has 4 rings (SSSR count). The summed E-state index contributed by atoms with van der Waals surface area (Å²) < 4.78 is 16.2. The van der Waals surface area contributed by atoms with Gasteiger partial charge in [0.15, 0.2) is 6.10 Å². The summed E-state index contributed by atoms with van der Waals surface area (Å²) in [6, 6.07) is 12.1. The molecule has 1 unspecified atom stereocenters. The maximum Gasteiger partial charge on any atom is 0.268 e. The zero-order valence-corrected chi connectivity index (χ0v) is 17.8. The zero-order chi connectivity index (χ0) is 22.1. The summed E-state index contributed by atoms with van der Waals surface area (Å²) in [7, 11) is 1.55. The Morgan fingerprint density at radius 3 is 2.74 bits per heavy atom. The predicted octanol–water partition coefficient (Wildman–Crippen LogP) is 3.87. The van der Waals surface area contributed by atoms with Crippen LogP contribution in [0.4, 0.5) is 11.4 Å². The summed E-state index contributed by atoms with van der Waals surface area (Å²) in [5, 5.41) is 6.84. The molecule has 0 radical (unpaired) electrons. The van der Waals surface area contributed by atoms with Crippen LogP contribution in [0.5, 0.6) is 11.5 Å². The number of fused-ring (bicyclic) bond motifs is 1. The highest BCUT2D eigenvalue weighted by molar-refractivity contribution is 6.06. The minimum atomic E-state index is -0.620. The third-order valence-corrected chi connectivity index (χ3v) is 5.25. The van der Waals surface area contributed by atoms with E-state index in [-0.39, 0.29) is 11.8 Å². The van der Waals surface area contributed by atoms with Gasteiger partial charge in [-0.1, -0.05) is 11.2 Å². The normalized spacial score (nSPS) is 15.3. The van der Waals surface area contributed by atoms with Crippen molar-refractivity contribution in [2.45, 2.75) is 33.4 Å². The molecule has 160 valence electrons. The van der Waals surface area contributed by atoms with Gasteiger partial charge >= 0.3 is 0 Å². The number of aryl methyl sites for hydroxylation is 2. The Morgan fingerprint density at radius 2 is 2.03 bits per heavy atom. The number of methoxy groups -OCH3 is 1. The fourth-order valence-corrected chi connectivity index (χ4v) is 3.50. The Balaban J connectivity index is 1.64. The van der Waals surface area contributed by atoms with Gasteiger partial charge in [0.25, 0.3) is 11.8 Å². The number of nitrogens with one attached hydrogen (secondary N) is 1. The van der Waals surface area contributed by atoms with Gasteiger partial charge in [-0.3, -0.25) is 9.59 Å². The minimum absolute atomic E-state index is 0.177. The van der Waals surface area contributed by atoms with Gasteiger partial charge in [0.1, 0.15) is 17.3 Å². The minimum Gasteiger partial charge on any atom is -0.497 e. The van der Waals surface area contributed by atoms with Crippen LogP contribution in [-0.4, -0.2) is 30.2 Å². The van der Waals surface area contributed by atoms with E-state index in [0.717, 1.165) is 11.3 Å². The number of carbonyl (C=O) groups excluding carboxylic acids is 2. The van der Waals surface area contributed by atoms with E-state index in [4.69, 9.17) is 14.0 Å². The molecule has 1 atom stereocenters. The highest BCUT2D eigenvalue weighted by Crippen LogP contribution is 2.38. The summed E-state index contributed by atoms with van der Waals surface area (Å²) in [5.74, 6) is 1.36. The lowest BCUT2D eigenvalue weighted by Crippen LogP contribution is -2.44. The van der Waals surface area contributed by atoms with Crippen molar-refractivity contribution in [2.75, 3.05) is 17.3 Å². The number of anilines is 2. The monoisotopic (exact) mass is 421 g/mol. The first-order valence-electron chi connectivity index (χ1n) is 9.86. The standard InChI is InChI=1S/C23H23N3O5/c1-13-19(14(2)31-25-13)12-26-20-11-17(8-9-21(20)30-15(3)23(26)28)24-22(27)16-6-5-7-18(10-16)29-4/h5-11,15H,12H2,1-4H3,(H,24,27). The Kier molecular flexibility index (Phi) is 5.37. The second-order valence-electron chi connectivity index (χ2n) is 7.36. The molecule has 0 aliphatic carbocycles. The quantitative estimate of drug-likeness (QED) is 0.672. The summed E-state index contributed by atoms with van der Waals surface area (Å²) in [4.78, 5) is 27.2. The molecule has 0 saturated heterocycles. The van der Waals surface area contributed by atoms with E-state index < -0.39 is 6.10 Å². The van der Waals surface area contributed by atoms with Gasteiger partial charge in [0, 0.05) is 16.8 Å². The average molecular weight is 421 g/mol. The molecule has 1 aliphatic rings.